The number of carbonyl (C=O) groups excluding carboxylic acids is 2. The Kier molecular flexibility index (Phi) is 18.5. The molecular weight excluding hydrogens is 1310 g/mol. The van der Waals surface area contributed by atoms with Crippen LogP contribution in [0.2, 0.25) is 10.0 Å². The lowest BCUT2D eigenvalue weighted by atomic mass is 10.1. The molecule has 9 aromatic heterocycles. The molecule has 0 radical (unpaired) electrons. The lowest BCUT2D eigenvalue weighted by Gasteiger charge is -2.16. The average Bonchev–Trinajstić information content (AvgIpc) is 2.33. The number of nitrogen functional groups attached to an aromatic ring is 3. The lowest BCUT2D eigenvalue weighted by molar-refractivity contribution is -0.133. The maximum absolute atomic E-state index is 11.8. The highest BCUT2D eigenvalue weighted by molar-refractivity contribution is 9.10. The molecule has 90 heavy (non-hydrogen) atoms. The number of benzene rings is 3. The van der Waals surface area contributed by atoms with Gasteiger partial charge in [-0.3, -0.25) is 9.59 Å². The Morgan fingerprint density at radius 1 is 0.611 bits per heavy atom. The van der Waals surface area contributed by atoms with Gasteiger partial charge in [0.05, 0.1) is 45.4 Å². The zero-order chi connectivity index (χ0) is 62.0. The quantitative estimate of drug-likeness (QED) is 0.0530. The van der Waals surface area contributed by atoms with Crippen molar-refractivity contribution in [2.24, 2.45) is 17.8 Å². The molecule has 3 saturated heterocycles. The van der Waals surface area contributed by atoms with Crippen LogP contribution in [0.4, 0.5) is 17.5 Å². The minimum atomic E-state index is -0.430. The first-order valence-electron chi connectivity index (χ1n) is 29.5. The summed E-state index contributed by atoms with van der Waals surface area (Å²) in [6, 6.07) is 23.4. The summed E-state index contributed by atoms with van der Waals surface area (Å²) in [5.41, 5.74) is 25.7. The van der Waals surface area contributed by atoms with E-state index in [4.69, 9.17) is 73.7 Å². The van der Waals surface area contributed by atoms with Crippen molar-refractivity contribution in [2.75, 3.05) is 63.1 Å². The van der Waals surface area contributed by atoms with E-state index in [0.717, 1.165) is 174 Å². The fourth-order valence-corrected chi connectivity index (χ4v) is 16.0. The fraction of sp³-hybridized carbons (Fsp3) is 0.302. The van der Waals surface area contributed by atoms with Gasteiger partial charge in [0.2, 0.25) is 12.3 Å². The second-order valence-corrected chi connectivity index (χ2v) is 27.2. The Labute approximate surface area is 546 Å². The van der Waals surface area contributed by atoms with Crippen LogP contribution in [-0.4, -0.2) is 117 Å². The monoisotopic (exact) mass is 1370 g/mol. The summed E-state index contributed by atoms with van der Waals surface area (Å²) in [7, 11) is 0. The first-order chi connectivity index (χ1) is 43.8. The number of halogens is 3. The first kappa shape index (κ1) is 61.4. The summed E-state index contributed by atoms with van der Waals surface area (Å²) >= 11 is 21.3. The van der Waals surface area contributed by atoms with Gasteiger partial charge in [0.25, 0.3) is 0 Å². The average molecular weight is 1370 g/mol. The van der Waals surface area contributed by atoms with Gasteiger partial charge in [0.1, 0.15) is 39.9 Å². The molecule has 0 spiro atoms. The van der Waals surface area contributed by atoms with Crippen molar-refractivity contribution in [3.8, 4) is 0 Å². The van der Waals surface area contributed by atoms with Gasteiger partial charge >= 0.3 is 0 Å². The van der Waals surface area contributed by atoms with Crippen LogP contribution in [0.1, 0.15) is 38.5 Å². The molecule has 3 atom stereocenters. The van der Waals surface area contributed by atoms with Crippen molar-refractivity contribution in [2.45, 2.75) is 88.3 Å². The summed E-state index contributed by atoms with van der Waals surface area (Å²) < 4.78 is 24.2. The molecule has 3 fully saturated rings. The number of likely N-dealkylation sites (tertiary alicyclic amines) is 2. The number of pyridine rings is 3. The van der Waals surface area contributed by atoms with Gasteiger partial charge in [-0.05, 0) is 182 Å². The third-order valence-corrected chi connectivity index (χ3v) is 21.7. The molecule has 464 valence electrons. The molecule has 3 unspecified atom stereocenters. The largest absolute Gasteiger partial charge is 0.464 e. The molecule has 3 aliphatic rings. The van der Waals surface area contributed by atoms with Crippen LogP contribution in [0.5, 0.6) is 0 Å². The Morgan fingerprint density at radius 3 is 1.51 bits per heavy atom. The number of nitrogens with zero attached hydrogens (tertiary/aromatic N) is 11. The Hall–Kier alpha value is -7.49. The van der Waals surface area contributed by atoms with Gasteiger partial charge < -0.3 is 64.4 Å². The number of nitrogens with two attached hydrogens (primary N) is 3. The SMILES string of the molecule is Nc1nccc2c1nc(Sc1cc3occc3cc1Br)n2CCC1CCN(C(=O)CO)C1.Nc1nccc2c1nc(Sc1cc3occc3cc1Cl)n2CCC1CCN(C=O)C1.Nc1nccc2c1nc(Sc1cc3occc3cc1Cl)n2CCC1CCNC1. The maximum Gasteiger partial charge on any atom is 0.248 e. The minimum Gasteiger partial charge on any atom is -0.464 e. The van der Waals surface area contributed by atoms with E-state index in [-0.39, 0.29) is 5.91 Å². The van der Waals surface area contributed by atoms with Gasteiger partial charge in [-0.25, -0.2) is 29.9 Å². The van der Waals surface area contributed by atoms with E-state index in [2.05, 4.69) is 49.9 Å². The van der Waals surface area contributed by atoms with Gasteiger partial charge in [-0.15, -0.1) is 0 Å². The number of rotatable bonds is 17. The molecular formula is C63H62BrCl2N15O6S3. The van der Waals surface area contributed by atoms with Gasteiger partial charge in [-0.2, -0.15) is 0 Å². The molecule has 12 heterocycles. The van der Waals surface area contributed by atoms with E-state index >= 15 is 0 Å². The van der Waals surface area contributed by atoms with Crippen molar-refractivity contribution < 1.29 is 27.9 Å². The number of aryl methyl sites for hydroxylation is 3. The number of amides is 2. The zero-order valence-electron chi connectivity index (χ0n) is 48.5. The number of hydrogen-bond donors (Lipinski definition) is 5. The van der Waals surface area contributed by atoms with E-state index in [0.29, 0.717) is 69.4 Å². The normalized spacial score (nSPS) is 16.7. The lowest BCUT2D eigenvalue weighted by Crippen LogP contribution is -2.31. The third kappa shape index (κ3) is 13.2. The number of imidazole rings is 3. The van der Waals surface area contributed by atoms with E-state index < -0.39 is 6.61 Å². The summed E-state index contributed by atoms with van der Waals surface area (Å²) in [6.07, 6.45) is 17.2. The number of aromatic nitrogens is 9. The molecule has 3 aromatic carbocycles. The van der Waals surface area contributed by atoms with E-state index in [1.165, 1.54) is 29.9 Å². The summed E-state index contributed by atoms with van der Waals surface area (Å²) in [5, 5.41) is 19.4. The number of carbonyl (C=O) groups is 2. The number of furan rings is 3. The second-order valence-electron chi connectivity index (χ2n) is 22.5. The van der Waals surface area contributed by atoms with Crippen LogP contribution in [0.25, 0.3) is 66.0 Å². The number of aliphatic hydroxyl groups excluding tert-OH is 1. The van der Waals surface area contributed by atoms with Crippen LogP contribution in [0.15, 0.2) is 158 Å². The van der Waals surface area contributed by atoms with Crippen LogP contribution in [0, 0.1) is 17.8 Å². The predicted molar refractivity (Wildman–Crippen MR) is 357 cm³/mol. The number of nitrogens with one attached hydrogen (secondary N) is 1. The number of hydrogen-bond acceptors (Lipinski definition) is 19. The van der Waals surface area contributed by atoms with E-state index in [1.54, 1.807) is 54.0 Å². The van der Waals surface area contributed by atoms with Crippen molar-refractivity contribution in [1.29, 1.82) is 0 Å². The Balaban J connectivity index is 0.000000124. The fourth-order valence-electron chi connectivity index (χ4n) is 11.9. The topological polar surface area (TPSA) is 282 Å². The smallest absolute Gasteiger partial charge is 0.248 e. The number of aliphatic hydroxyl groups is 1. The highest BCUT2D eigenvalue weighted by Crippen LogP contribution is 2.42. The molecule has 0 aliphatic carbocycles. The van der Waals surface area contributed by atoms with Gasteiger partial charge in [0, 0.05) is 99.7 Å². The molecule has 8 N–H and O–H groups in total. The van der Waals surface area contributed by atoms with Gasteiger partial charge in [-0.1, -0.05) is 35.0 Å². The second kappa shape index (κ2) is 27.1. The Morgan fingerprint density at radius 2 is 1.06 bits per heavy atom. The summed E-state index contributed by atoms with van der Waals surface area (Å²) in [5.74, 6) is 2.62. The number of anilines is 3. The molecule has 2 amide bonds. The molecule has 0 bridgehead atoms. The Bertz CT molecular complexity index is 4600. The van der Waals surface area contributed by atoms with Gasteiger partial charge in [0.15, 0.2) is 32.9 Å². The molecule has 0 saturated carbocycles. The number of fused-ring (bicyclic) bond motifs is 6. The molecule has 12 aromatic rings. The van der Waals surface area contributed by atoms with Crippen LogP contribution >= 0.6 is 74.4 Å². The van der Waals surface area contributed by atoms with Crippen LogP contribution in [-0.2, 0) is 29.2 Å². The van der Waals surface area contributed by atoms with E-state index in [1.807, 2.05) is 77.7 Å². The standard InChI is InChI=1S/C22H22BrN5O3S.C21H20ClN5O2S.C20H20ClN5OS/c23-15-9-14-4-8-31-17(14)10-18(15)32-22-26-20-16(1-5-25-21(20)24)28(22)7-3-13-2-6-27(11-13)19(30)12-29;22-15-9-14-4-8-29-17(14)10-18(15)30-21-25-19-16(1-5-24-20(19)23)27(21)7-3-13-2-6-26(11-13)12-28;21-14-9-13-4-8-27-16(13)10-17(14)28-20-25-18-15(2-6-24-19(18)22)26(20)7-3-12-1-5-23-11-12/h1,4-5,8-10,13,29H,2-3,6-7,11-12H2,(H2,24,25);1,4-5,8-10,12-13H,2-3,6-7,11H2,(H2,23,24);2,4,6,8-10,12,23H,1,3,5,7,11H2,(H2,22,24). The molecule has 27 heteroatoms. The highest BCUT2D eigenvalue weighted by atomic mass is 79.9. The van der Waals surface area contributed by atoms with Crippen LogP contribution in [0.3, 0.4) is 0 Å². The minimum absolute atomic E-state index is 0.200. The van der Waals surface area contributed by atoms with Crippen molar-refractivity contribution in [3.63, 3.8) is 0 Å². The first-order valence-corrected chi connectivity index (χ1v) is 33.5. The molecule has 21 nitrogen and oxygen atoms in total. The predicted octanol–water partition coefficient (Wildman–Crippen LogP) is 12.9. The van der Waals surface area contributed by atoms with E-state index in [9.17, 15) is 9.59 Å². The summed E-state index contributed by atoms with van der Waals surface area (Å²) in [4.78, 5) is 56.1. The molecule has 15 rings (SSSR count). The molecule has 3 aliphatic heterocycles. The van der Waals surface area contributed by atoms with Crippen molar-refractivity contribution >= 4 is 170 Å². The van der Waals surface area contributed by atoms with Crippen LogP contribution < -0.4 is 22.5 Å². The maximum atomic E-state index is 11.8. The highest BCUT2D eigenvalue weighted by Gasteiger charge is 2.28. The van der Waals surface area contributed by atoms with Crippen molar-refractivity contribution in [3.05, 3.63) is 125 Å². The zero-order valence-corrected chi connectivity index (χ0v) is 54.1. The summed E-state index contributed by atoms with van der Waals surface area (Å²) in [6.45, 7) is 7.18. The third-order valence-electron chi connectivity index (χ3n) is 16.8. The van der Waals surface area contributed by atoms with Crippen molar-refractivity contribution in [1.82, 2.24) is 58.7 Å².